The van der Waals surface area contributed by atoms with Gasteiger partial charge in [-0.15, -0.1) is 0 Å². The highest BCUT2D eigenvalue weighted by Gasteiger charge is 2.64. The Morgan fingerprint density at radius 2 is 1.55 bits per heavy atom. The van der Waals surface area contributed by atoms with Crippen molar-refractivity contribution < 1.29 is 37.1 Å². The molecule has 55 heavy (non-hydrogen) atoms. The van der Waals surface area contributed by atoms with E-state index in [1.807, 2.05) is 60.7 Å². The molecule has 4 atom stereocenters. The molecule has 7 rings (SSSR count). The Morgan fingerprint density at radius 3 is 2.22 bits per heavy atom. The molecule has 4 heterocycles. The lowest BCUT2D eigenvalue weighted by atomic mass is 9.81. The zero-order valence-corrected chi connectivity index (χ0v) is 30.8. The summed E-state index contributed by atoms with van der Waals surface area (Å²) in [5, 5.41) is 2.71. The Bertz CT molecular complexity index is 1900. The summed E-state index contributed by atoms with van der Waals surface area (Å²) in [4.78, 5) is 64.3. The van der Waals surface area contributed by atoms with Gasteiger partial charge < -0.3 is 24.8 Å². The van der Waals surface area contributed by atoms with Gasteiger partial charge in [-0.1, -0.05) is 91.4 Å². The third-order valence-corrected chi connectivity index (χ3v) is 11.5. The van der Waals surface area contributed by atoms with Crippen molar-refractivity contribution in [1.29, 1.82) is 0 Å². The summed E-state index contributed by atoms with van der Waals surface area (Å²) in [5.74, 6) is -2.03. The third-order valence-electron chi connectivity index (χ3n) is 11.5. The summed E-state index contributed by atoms with van der Waals surface area (Å²) in [6.45, 7) is 3.88. The molecular weight excluding hydrogens is 711 g/mol. The molecule has 3 aromatic carbocycles. The number of likely N-dealkylation sites (tertiary alicyclic amines) is 3. The van der Waals surface area contributed by atoms with E-state index in [1.165, 1.54) is 35.3 Å². The molecule has 0 aromatic heterocycles. The molecule has 3 aromatic rings. The topological polar surface area (TPSA) is 103 Å². The molecule has 4 aliphatic rings. The standard InChI is InChI=1S/C42H46F3N5O5/c1-41(38(52)46-27-30-14-11-17-32(26-30)42(43,44)45,39(53)48-24-20-33(21-25-48)47-22-9-4-10-23-47)50-34(19-18-29-12-5-2-6-13-29)36(37(50)51)49-35(28-55-40(49)54)31-15-7-3-8-16-31/h2-3,5-8,11-19,26,33-36H,4,9-10,20-25,27-28H2,1H3,(H,46,52)/b19-18+/t34-,35?,36?,41?/m1/s1. The van der Waals surface area contributed by atoms with Gasteiger partial charge in [0.15, 0.2) is 5.54 Å². The van der Waals surface area contributed by atoms with Crippen molar-refractivity contribution in [2.75, 3.05) is 32.8 Å². The lowest BCUT2D eigenvalue weighted by Gasteiger charge is -2.56. The van der Waals surface area contributed by atoms with Gasteiger partial charge in [-0.05, 0) is 74.5 Å². The van der Waals surface area contributed by atoms with Gasteiger partial charge in [-0.3, -0.25) is 19.3 Å². The summed E-state index contributed by atoms with van der Waals surface area (Å²) >= 11 is 0. The lowest BCUT2D eigenvalue weighted by Crippen LogP contribution is -2.80. The minimum absolute atomic E-state index is 0.0153. The molecule has 290 valence electrons. The van der Waals surface area contributed by atoms with Crippen LogP contribution in [0.4, 0.5) is 18.0 Å². The van der Waals surface area contributed by atoms with E-state index in [2.05, 4.69) is 10.2 Å². The molecule has 0 bridgehead atoms. The van der Waals surface area contributed by atoms with Gasteiger partial charge in [-0.25, -0.2) is 4.79 Å². The average molecular weight is 758 g/mol. The van der Waals surface area contributed by atoms with Crippen LogP contribution in [0.25, 0.3) is 6.08 Å². The van der Waals surface area contributed by atoms with Gasteiger partial charge in [0.2, 0.25) is 5.91 Å². The average Bonchev–Trinajstić information content (AvgIpc) is 3.58. The molecule has 13 heteroatoms. The number of piperidine rings is 2. The van der Waals surface area contributed by atoms with Crippen LogP contribution in [-0.4, -0.2) is 99.9 Å². The van der Waals surface area contributed by atoms with E-state index in [0.29, 0.717) is 32.0 Å². The number of carbonyl (C=O) groups excluding carboxylic acids is 4. The van der Waals surface area contributed by atoms with Gasteiger partial charge in [0.1, 0.15) is 12.6 Å². The van der Waals surface area contributed by atoms with E-state index in [-0.39, 0.29) is 18.7 Å². The monoisotopic (exact) mass is 757 g/mol. The van der Waals surface area contributed by atoms with Gasteiger partial charge >= 0.3 is 12.3 Å². The van der Waals surface area contributed by atoms with Crippen LogP contribution in [0.15, 0.2) is 91.0 Å². The van der Waals surface area contributed by atoms with Crippen molar-refractivity contribution in [1.82, 2.24) is 24.9 Å². The third kappa shape index (κ3) is 7.71. The van der Waals surface area contributed by atoms with Crippen molar-refractivity contribution in [2.45, 2.75) is 81.5 Å². The number of cyclic esters (lactones) is 1. The molecule has 0 aliphatic carbocycles. The molecule has 0 radical (unpaired) electrons. The highest BCUT2D eigenvalue weighted by molar-refractivity contribution is 6.14. The Kier molecular flexibility index (Phi) is 11.0. The van der Waals surface area contributed by atoms with Gasteiger partial charge in [0.25, 0.3) is 11.8 Å². The fraction of sp³-hybridized carbons (Fsp3) is 0.429. The van der Waals surface area contributed by atoms with E-state index < -0.39 is 59.2 Å². The van der Waals surface area contributed by atoms with Gasteiger partial charge in [0, 0.05) is 25.7 Å². The number of rotatable bonds is 10. The summed E-state index contributed by atoms with van der Waals surface area (Å²) in [6.07, 6.45) is 3.12. The molecule has 1 N–H and O–H groups in total. The maximum atomic E-state index is 14.9. The predicted molar refractivity (Wildman–Crippen MR) is 199 cm³/mol. The van der Waals surface area contributed by atoms with Crippen LogP contribution in [0, 0.1) is 0 Å². The van der Waals surface area contributed by atoms with Crippen molar-refractivity contribution in [3.8, 4) is 0 Å². The number of halogens is 3. The number of carbonyl (C=O) groups is 4. The first-order chi connectivity index (χ1) is 26.5. The zero-order chi connectivity index (χ0) is 38.7. The molecule has 3 unspecified atom stereocenters. The number of nitrogens with one attached hydrogen (secondary N) is 1. The van der Waals surface area contributed by atoms with Crippen molar-refractivity contribution in [3.63, 3.8) is 0 Å². The molecule has 10 nitrogen and oxygen atoms in total. The number of amides is 4. The van der Waals surface area contributed by atoms with E-state index in [1.54, 1.807) is 17.1 Å². The number of hydrogen-bond donors (Lipinski definition) is 1. The second-order valence-electron chi connectivity index (χ2n) is 14.9. The molecule has 4 saturated heterocycles. The Morgan fingerprint density at radius 1 is 0.873 bits per heavy atom. The van der Waals surface area contributed by atoms with Crippen LogP contribution >= 0.6 is 0 Å². The normalized spacial score (nSPS) is 23.7. The number of hydrogen-bond acceptors (Lipinski definition) is 6. The quantitative estimate of drug-likeness (QED) is 0.200. The summed E-state index contributed by atoms with van der Waals surface area (Å²) < 4.78 is 46.2. The minimum Gasteiger partial charge on any atom is -0.447 e. The largest absolute Gasteiger partial charge is 0.447 e. The summed E-state index contributed by atoms with van der Waals surface area (Å²) in [7, 11) is 0. The zero-order valence-electron chi connectivity index (χ0n) is 30.8. The molecule has 4 amide bonds. The first-order valence-corrected chi connectivity index (χ1v) is 19.0. The van der Waals surface area contributed by atoms with Crippen LogP contribution in [0.1, 0.15) is 67.3 Å². The van der Waals surface area contributed by atoms with Gasteiger partial charge in [0.05, 0.1) is 17.6 Å². The maximum Gasteiger partial charge on any atom is 0.416 e. The second-order valence-corrected chi connectivity index (χ2v) is 14.9. The van der Waals surface area contributed by atoms with E-state index in [9.17, 15) is 32.3 Å². The summed E-state index contributed by atoms with van der Waals surface area (Å²) in [5.41, 5.74) is -1.25. The smallest absolute Gasteiger partial charge is 0.416 e. The molecule has 4 fully saturated rings. The number of β-lactam (4-membered cyclic amide) rings is 1. The molecule has 0 spiro atoms. The van der Waals surface area contributed by atoms with E-state index >= 15 is 0 Å². The Hall–Kier alpha value is -5.17. The fourth-order valence-corrected chi connectivity index (χ4v) is 8.48. The first kappa shape index (κ1) is 38.1. The van der Waals surface area contributed by atoms with E-state index in [0.717, 1.165) is 49.2 Å². The van der Waals surface area contributed by atoms with Gasteiger partial charge in [-0.2, -0.15) is 13.2 Å². The number of nitrogens with zero attached hydrogens (tertiary/aromatic N) is 4. The van der Waals surface area contributed by atoms with Crippen LogP contribution in [0.2, 0.25) is 0 Å². The Labute approximate surface area is 318 Å². The SMILES string of the molecule is CC(C(=O)NCc1cccc(C(F)(F)F)c1)(C(=O)N1CCC(N2CCCCC2)CC1)N1C(=O)C(N2C(=O)OCC2c2ccccc2)[C@H]1/C=C/c1ccccc1. The van der Waals surface area contributed by atoms with Crippen molar-refractivity contribution in [3.05, 3.63) is 113 Å². The van der Waals surface area contributed by atoms with Crippen LogP contribution in [-0.2, 0) is 31.8 Å². The first-order valence-electron chi connectivity index (χ1n) is 19.0. The Balaban J connectivity index is 1.23. The van der Waals surface area contributed by atoms with Crippen LogP contribution < -0.4 is 5.32 Å². The maximum absolute atomic E-state index is 14.9. The van der Waals surface area contributed by atoms with E-state index in [4.69, 9.17) is 4.74 Å². The van der Waals surface area contributed by atoms with Crippen molar-refractivity contribution >= 4 is 29.9 Å². The highest BCUT2D eigenvalue weighted by Crippen LogP contribution is 2.42. The summed E-state index contributed by atoms with van der Waals surface area (Å²) in [6, 6.07) is 20.8. The van der Waals surface area contributed by atoms with Crippen LogP contribution in [0.3, 0.4) is 0 Å². The molecule has 0 saturated carbocycles. The van der Waals surface area contributed by atoms with Crippen LogP contribution in [0.5, 0.6) is 0 Å². The highest BCUT2D eigenvalue weighted by atomic mass is 19.4. The number of benzene rings is 3. The fourth-order valence-electron chi connectivity index (χ4n) is 8.48. The molecule has 4 aliphatic heterocycles. The molecular formula is C42H46F3N5O5. The predicted octanol–water partition coefficient (Wildman–Crippen LogP) is 6.04. The lowest BCUT2D eigenvalue weighted by molar-refractivity contribution is -0.179. The number of ether oxygens (including phenoxy) is 1. The number of alkyl halides is 3. The second kappa shape index (κ2) is 15.9. The minimum atomic E-state index is -4.59. The van der Waals surface area contributed by atoms with Crippen molar-refractivity contribution in [2.24, 2.45) is 0 Å².